The summed E-state index contributed by atoms with van der Waals surface area (Å²) >= 11 is 0. The number of fused-ring (bicyclic) bond motifs is 6. The topological polar surface area (TPSA) is 41.1 Å². The Labute approximate surface area is 216 Å². The molecule has 0 radical (unpaired) electrons. The second-order valence-corrected chi connectivity index (χ2v) is 9.95. The van der Waals surface area contributed by atoms with Gasteiger partial charge in [0.15, 0.2) is 5.78 Å². The van der Waals surface area contributed by atoms with Crippen LogP contribution in [0.5, 0.6) is 0 Å². The third kappa shape index (κ3) is 3.54. The zero-order valence-electron chi connectivity index (χ0n) is 20.4. The molecule has 1 spiro atoms. The molecule has 5 aromatic carbocycles. The maximum Gasteiger partial charge on any atom is 0.164 e. The average molecular weight is 479 g/mol. The van der Waals surface area contributed by atoms with E-state index < -0.39 is 5.41 Å². The minimum atomic E-state index is -0.465. The van der Waals surface area contributed by atoms with Crippen molar-refractivity contribution in [2.45, 2.75) is 18.3 Å². The van der Waals surface area contributed by atoms with E-state index >= 15 is 0 Å². The van der Waals surface area contributed by atoms with Gasteiger partial charge in [-0.3, -0.25) is 4.79 Å². The van der Waals surface area contributed by atoms with E-state index in [1.807, 2.05) is 48.5 Å². The molecule has 0 amide bonds. The van der Waals surface area contributed by atoms with Crippen LogP contribution in [0.1, 0.15) is 44.6 Å². The predicted molar refractivity (Wildman–Crippen MR) is 150 cm³/mol. The van der Waals surface area contributed by atoms with Crippen LogP contribution in [0.4, 0.5) is 22.7 Å². The third-order valence-corrected chi connectivity index (χ3v) is 7.75. The molecule has 0 bridgehead atoms. The molecule has 3 heteroatoms. The normalized spacial score (nSPS) is 14.5. The van der Waals surface area contributed by atoms with Crippen LogP contribution in [0, 0.1) is 0 Å². The van der Waals surface area contributed by atoms with E-state index in [0.29, 0.717) is 6.42 Å². The number of hydrogen-bond donors (Lipinski definition) is 2. The van der Waals surface area contributed by atoms with Crippen LogP contribution in [0.25, 0.3) is 0 Å². The van der Waals surface area contributed by atoms with Crippen molar-refractivity contribution in [3.8, 4) is 0 Å². The smallest absolute Gasteiger partial charge is 0.164 e. The number of nitrogens with one attached hydrogen (secondary N) is 2. The van der Waals surface area contributed by atoms with Crippen molar-refractivity contribution in [2.24, 2.45) is 0 Å². The van der Waals surface area contributed by atoms with Gasteiger partial charge in [-0.05, 0) is 82.8 Å². The summed E-state index contributed by atoms with van der Waals surface area (Å²) < 4.78 is 0. The summed E-state index contributed by atoms with van der Waals surface area (Å²) in [5, 5.41) is 7.10. The summed E-state index contributed by atoms with van der Waals surface area (Å²) in [6, 6.07) is 41.9. The minimum Gasteiger partial charge on any atom is -0.356 e. The molecule has 2 aliphatic rings. The van der Waals surface area contributed by atoms with Crippen molar-refractivity contribution in [1.82, 2.24) is 0 Å². The first-order chi connectivity index (χ1) is 18.2. The van der Waals surface area contributed by atoms with Gasteiger partial charge >= 0.3 is 0 Å². The highest BCUT2D eigenvalue weighted by Gasteiger charge is 2.49. The first kappa shape index (κ1) is 21.6. The molecular weight excluding hydrogens is 452 g/mol. The molecule has 0 saturated carbocycles. The molecule has 5 aromatic rings. The van der Waals surface area contributed by atoms with Crippen LogP contribution in [-0.2, 0) is 11.8 Å². The van der Waals surface area contributed by atoms with Crippen LogP contribution in [0.3, 0.4) is 0 Å². The van der Waals surface area contributed by atoms with Gasteiger partial charge in [-0.2, -0.15) is 0 Å². The monoisotopic (exact) mass is 478 g/mol. The van der Waals surface area contributed by atoms with Gasteiger partial charge in [0.05, 0.1) is 5.41 Å². The molecule has 0 heterocycles. The molecule has 0 fully saturated rings. The number of ketones is 1. The van der Waals surface area contributed by atoms with Crippen molar-refractivity contribution < 1.29 is 4.79 Å². The van der Waals surface area contributed by atoms with Crippen molar-refractivity contribution in [3.05, 3.63) is 155 Å². The highest BCUT2D eigenvalue weighted by atomic mass is 16.1. The Morgan fingerprint density at radius 3 is 1.59 bits per heavy atom. The highest BCUT2D eigenvalue weighted by molar-refractivity contribution is 6.04. The largest absolute Gasteiger partial charge is 0.356 e. The summed E-state index contributed by atoms with van der Waals surface area (Å²) in [7, 11) is 0. The minimum absolute atomic E-state index is 0.215. The Balaban J connectivity index is 1.38. The second kappa shape index (κ2) is 8.49. The average Bonchev–Trinajstić information content (AvgIpc) is 3.22. The molecule has 0 aliphatic heterocycles. The van der Waals surface area contributed by atoms with E-state index in [9.17, 15) is 4.79 Å². The molecule has 178 valence electrons. The van der Waals surface area contributed by atoms with Crippen LogP contribution >= 0.6 is 0 Å². The van der Waals surface area contributed by atoms with Gasteiger partial charge in [0, 0.05) is 34.7 Å². The van der Waals surface area contributed by atoms with E-state index in [0.717, 1.165) is 40.3 Å². The second-order valence-electron chi connectivity index (χ2n) is 9.95. The van der Waals surface area contributed by atoms with Crippen molar-refractivity contribution in [1.29, 1.82) is 0 Å². The number of rotatable bonds is 4. The first-order valence-corrected chi connectivity index (χ1v) is 12.7. The van der Waals surface area contributed by atoms with Gasteiger partial charge in [0.25, 0.3) is 0 Å². The van der Waals surface area contributed by atoms with Gasteiger partial charge in [-0.25, -0.2) is 0 Å². The quantitative estimate of drug-likeness (QED) is 0.275. The molecule has 3 nitrogen and oxygen atoms in total. The molecule has 2 aliphatic carbocycles. The maximum absolute atomic E-state index is 13.4. The van der Waals surface area contributed by atoms with Gasteiger partial charge in [0.2, 0.25) is 0 Å². The fraction of sp³-hybridized carbons (Fsp3) is 0.0882. The molecule has 0 atom stereocenters. The number of anilines is 4. The Morgan fingerprint density at radius 2 is 1.03 bits per heavy atom. The van der Waals surface area contributed by atoms with Gasteiger partial charge < -0.3 is 10.6 Å². The number of benzene rings is 5. The van der Waals surface area contributed by atoms with Gasteiger partial charge in [-0.1, -0.05) is 72.8 Å². The van der Waals surface area contributed by atoms with E-state index in [2.05, 4.69) is 83.4 Å². The lowest BCUT2D eigenvalue weighted by Crippen LogP contribution is -2.33. The lowest BCUT2D eigenvalue weighted by molar-refractivity contribution is 0.0984. The van der Waals surface area contributed by atoms with Crippen LogP contribution in [0.2, 0.25) is 0 Å². The van der Waals surface area contributed by atoms with Crippen molar-refractivity contribution >= 4 is 28.5 Å². The standard InChI is InChI=1S/C34H26N2O/c37-33-22-34(32-14-8-7-13-29(32)33)30-17-15-27(35-25-9-3-1-4-10-25)20-23(30)19-24-21-28(16-18-31(24)34)36-26-11-5-2-6-12-26/h1-18,20-21,35-36H,19,22H2. The Kier molecular flexibility index (Phi) is 4.97. The number of Topliss-reactive ketones (excluding diaryl/α,β-unsaturated/α-hetero) is 1. The zero-order chi connectivity index (χ0) is 24.8. The number of carbonyl (C=O) groups excluding carboxylic acids is 1. The molecule has 0 aromatic heterocycles. The predicted octanol–water partition coefficient (Wildman–Crippen LogP) is 8.00. The molecule has 0 unspecified atom stereocenters. The lowest BCUT2D eigenvalue weighted by atomic mass is 9.63. The summed E-state index contributed by atoms with van der Waals surface area (Å²) in [4.78, 5) is 13.4. The number of para-hydroxylation sites is 2. The number of carbonyl (C=O) groups is 1. The maximum atomic E-state index is 13.4. The van der Waals surface area contributed by atoms with Crippen LogP contribution < -0.4 is 10.6 Å². The van der Waals surface area contributed by atoms with Gasteiger partial charge in [-0.15, -0.1) is 0 Å². The first-order valence-electron chi connectivity index (χ1n) is 12.7. The van der Waals surface area contributed by atoms with E-state index in [1.54, 1.807) is 0 Å². The fourth-order valence-corrected chi connectivity index (χ4v) is 6.21. The summed E-state index contributed by atoms with van der Waals surface area (Å²) in [6.07, 6.45) is 1.28. The van der Waals surface area contributed by atoms with Crippen LogP contribution in [-0.4, -0.2) is 5.78 Å². The molecular formula is C34H26N2O. The Morgan fingerprint density at radius 1 is 0.514 bits per heavy atom. The van der Waals surface area contributed by atoms with Crippen molar-refractivity contribution in [2.75, 3.05) is 10.6 Å². The number of hydrogen-bond acceptors (Lipinski definition) is 3. The lowest BCUT2D eigenvalue weighted by Gasteiger charge is -2.39. The third-order valence-electron chi connectivity index (χ3n) is 7.75. The van der Waals surface area contributed by atoms with Gasteiger partial charge in [0.1, 0.15) is 0 Å². The van der Waals surface area contributed by atoms with E-state index in [-0.39, 0.29) is 5.78 Å². The van der Waals surface area contributed by atoms with E-state index in [4.69, 9.17) is 0 Å². The summed E-state index contributed by atoms with van der Waals surface area (Å²) in [5.74, 6) is 0.215. The summed E-state index contributed by atoms with van der Waals surface area (Å²) in [6.45, 7) is 0. The zero-order valence-corrected chi connectivity index (χ0v) is 20.4. The Hall–Kier alpha value is -4.63. The molecule has 37 heavy (non-hydrogen) atoms. The van der Waals surface area contributed by atoms with Crippen LogP contribution in [0.15, 0.2) is 121 Å². The summed E-state index contributed by atoms with van der Waals surface area (Å²) in [5.41, 5.74) is 10.7. The molecule has 2 N–H and O–H groups in total. The highest BCUT2D eigenvalue weighted by Crippen LogP contribution is 2.54. The van der Waals surface area contributed by atoms with Crippen molar-refractivity contribution in [3.63, 3.8) is 0 Å². The van der Waals surface area contributed by atoms with E-state index in [1.165, 1.54) is 22.3 Å². The fourth-order valence-electron chi connectivity index (χ4n) is 6.21. The molecule has 7 rings (SSSR count). The SMILES string of the molecule is O=C1CC2(c3ccc(Nc4ccccc4)cc3Cc3cc(Nc4ccccc4)ccc32)c2ccccc21. The Bertz CT molecular complexity index is 1550. The molecule has 0 saturated heterocycles.